The molecule has 2 rings (SSSR count). The minimum atomic E-state index is -3.43. The van der Waals surface area contributed by atoms with E-state index in [0.29, 0.717) is 12.1 Å². The van der Waals surface area contributed by atoms with Gasteiger partial charge in [0.1, 0.15) is 0 Å². The van der Waals surface area contributed by atoms with E-state index < -0.39 is 10.0 Å². The molecule has 29 heavy (non-hydrogen) atoms. The zero-order valence-corrected chi connectivity index (χ0v) is 19.1. The maximum Gasteiger partial charge on any atom is 0.232 e. The third-order valence-corrected chi connectivity index (χ3v) is 6.60. The van der Waals surface area contributed by atoms with E-state index in [2.05, 4.69) is 31.3 Å². The molecule has 0 bridgehead atoms. The molecule has 1 amide bonds. The maximum atomic E-state index is 12.4. The quantitative estimate of drug-likeness (QED) is 0.696. The Morgan fingerprint density at radius 2 is 1.72 bits per heavy atom. The summed E-state index contributed by atoms with van der Waals surface area (Å²) in [7, 11) is -3.43. The first-order valence-corrected chi connectivity index (χ1v) is 11.8. The van der Waals surface area contributed by atoms with E-state index in [-0.39, 0.29) is 24.9 Å². The van der Waals surface area contributed by atoms with E-state index in [1.807, 2.05) is 45.0 Å². The molecule has 1 atom stereocenters. The first kappa shape index (κ1) is 22.9. The van der Waals surface area contributed by atoms with Gasteiger partial charge in [-0.25, -0.2) is 8.42 Å². The van der Waals surface area contributed by atoms with Gasteiger partial charge >= 0.3 is 0 Å². The van der Waals surface area contributed by atoms with Crippen LogP contribution in [0.5, 0.6) is 0 Å². The monoisotopic (exact) mass is 416 g/mol. The van der Waals surface area contributed by atoms with Gasteiger partial charge in [-0.1, -0.05) is 30.3 Å². The second kappa shape index (κ2) is 9.44. The van der Waals surface area contributed by atoms with E-state index in [1.165, 1.54) is 21.7 Å². The van der Waals surface area contributed by atoms with Gasteiger partial charge in [0.25, 0.3) is 0 Å². The lowest BCUT2D eigenvalue weighted by atomic mass is 10.0. The van der Waals surface area contributed by atoms with Gasteiger partial charge < -0.3 is 5.32 Å². The van der Waals surface area contributed by atoms with Crippen molar-refractivity contribution in [3.63, 3.8) is 0 Å². The number of amides is 1. The Balaban J connectivity index is 1.99. The molecule has 0 aromatic heterocycles. The molecule has 0 heterocycles. The van der Waals surface area contributed by atoms with Crippen molar-refractivity contribution in [1.29, 1.82) is 0 Å². The minimum Gasteiger partial charge on any atom is -0.350 e. The van der Waals surface area contributed by atoms with Crippen LogP contribution < -0.4 is 9.62 Å². The predicted molar refractivity (Wildman–Crippen MR) is 120 cm³/mol. The summed E-state index contributed by atoms with van der Waals surface area (Å²) >= 11 is 0. The number of benzene rings is 2. The second-order valence-corrected chi connectivity index (χ2v) is 9.70. The number of carbonyl (C=O) groups excluding carboxylic acids is 1. The van der Waals surface area contributed by atoms with Crippen LogP contribution in [0.4, 0.5) is 5.69 Å². The number of hydrogen-bond acceptors (Lipinski definition) is 3. The normalized spacial score (nSPS) is 12.5. The minimum absolute atomic E-state index is 0.0786. The highest BCUT2D eigenvalue weighted by molar-refractivity contribution is 7.92. The Hall–Kier alpha value is -2.34. The molecule has 5 nitrogen and oxygen atoms in total. The van der Waals surface area contributed by atoms with Crippen LogP contribution in [-0.2, 0) is 14.8 Å². The fourth-order valence-corrected chi connectivity index (χ4v) is 4.30. The average molecular weight is 417 g/mol. The summed E-state index contributed by atoms with van der Waals surface area (Å²) in [6, 6.07) is 11.7. The van der Waals surface area contributed by atoms with Crippen molar-refractivity contribution in [1.82, 2.24) is 5.32 Å². The van der Waals surface area contributed by atoms with Crippen LogP contribution in [0.25, 0.3) is 0 Å². The largest absolute Gasteiger partial charge is 0.350 e. The zero-order chi connectivity index (χ0) is 21.8. The highest BCUT2D eigenvalue weighted by Gasteiger charge is 2.20. The maximum absolute atomic E-state index is 12.4. The number of nitrogens with zero attached hydrogens (tertiary/aromatic N) is 1. The zero-order valence-electron chi connectivity index (χ0n) is 18.2. The van der Waals surface area contributed by atoms with E-state index in [0.717, 1.165) is 16.7 Å². The van der Waals surface area contributed by atoms with Gasteiger partial charge in [-0.3, -0.25) is 9.10 Å². The van der Waals surface area contributed by atoms with Crippen LogP contribution >= 0.6 is 0 Å². The van der Waals surface area contributed by atoms with Crippen LogP contribution in [0.2, 0.25) is 0 Å². The summed E-state index contributed by atoms with van der Waals surface area (Å²) in [5.41, 5.74) is 6.13. The van der Waals surface area contributed by atoms with Crippen molar-refractivity contribution in [3.8, 4) is 0 Å². The Morgan fingerprint density at radius 3 is 2.34 bits per heavy atom. The number of anilines is 1. The lowest BCUT2D eigenvalue weighted by molar-refractivity contribution is -0.121. The Morgan fingerprint density at radius 1 is 1.03 bits per heavy atom. The van der Waals surface area contributed by atoms with Crippen molar-refractivity contribution in [3.05, 3.63) is 64.2 Å². The molecule has 0 saturated heterocycles. The number of sulfonamides is 1. The van der Waals surface area contributed by atoms with Gasteiger partial charge in [0.15, 0.2) is 0 Å². The van der Waals surface area contributed by atoms with Gasteiger partial charge in [-0.05, 0) is 74.9 Å². The second-order valence-electron chi connectivity index (χ2n) is 7.79. The highest BCUT2D eigenvalue weighted by Crippen LogP contribution is 2.25. The molecular weight excluding hydrogens is 384 g/mol. The number of carbonyl (C=O) groups is 1. The molecule has 0 aliphatic rings. The molecule has 0 unspecified atom stereocenters. The number of aryl methyl sites for hydroxylation is 3. The van der Waals surface area contributed by atoms with Crippen LogP contribution in [0.15, 0.2) is 36.4 Å². The standard InChI is InChI=1S/C23H32N2O3S/c1-16-12-13-21(15-18(16)3)20(5)24-23(26)11-8-14-25(29(6,27)28)22-10-7-9-17(2)19(22)4/h7,9-10,12-13,15,20H,8,11,14H2,1-6H3,(H,24,26)/t20-/m1/s1. The first-order chi connectivity index (χ1) is 13.5. The molecule has 0 fully saturated rings. The summed E-state index contributed by atoms with van der Waals surface area (Å²) in [5.74, 6) is -0.0786. The molecule has 158 valence electrons. The Bertz CT molecular complexity index is 984. The van der Waals surface area contributed by atoms with E-state index in [1.54, 1.807) is 0 Å². The molecule has 0 saturated carbocycles. The van der Waals surface area contributed by atoms with Crippen molar-refractivity contribution in [2.24, 2.45) is 0 Å². The molecule has 0 radical (unpaired) electrons. The summed E-state index contributed by atoms with van der Waals surface area (Å²) in [6.07, 6.45) is 1.93. The van der Waals surface area contributed by atoms with Crippen molar-refractivity contribution >= 4 is 21.6 Å². The van der Waals surface area contributed by atoms with Crippen molar-refractivity contribution < 1.29 is 13.2 Å². The number of nitrogens with one attached hydrogen (secondary N) is 1. The van der Waals surface area contributed by atoms with Crippen LogP contribution in [-0.4, -0.2) is 27.1 Å². The van der Waals surface area contributed by atoms with Gasteiger partial charge in [0.2, 0.25) is 15.9 Å². The van der Waals surface area contributed by atoms with Crippen LogP contribution in [0.1, 0.15) is 53.6 Å². The van der Waals surface area contributed by atoms with Gasteiger partial charge in [-0.2, -0.15) is 0 Å². The fraction of sp³-hybridized carbons (Fsp3) is 0.435. The average Bonchev–Trinajstić information content (AvgIpc) is 2.63. The smallest absolute Gasteiger partial charge is 0.232 e. The molecule has 2 aromatic rings. The fourth-order valence-electron chi connectivity index (χ4n) is 3.28. The van der Waals surface area contributed by atoms with E-state index in [9.17, 15) is 13.2 Å². The van der Waals surface area contributed by atoms with E-state index >= 15 is 0 Å². The lowest BCUT2D eigenvalue weighted by Crippen LogP contribution is -2.33. The number of rotatable bonds is 8. The molecular formula is C23H32N2O3S. The molecule has 2 aromatic carbocycles. The number of hydrogen-bond donors (Lipinski definition) is 1. The summed E-state index contributed by atoms with van der Waals surface area (Å²) in [5, 5.41) is 3.01. The molecule has 0 aliphatic carbocycles. The summed E-state index contributed by atoms with van der Waals surface area (Å²) < 4.78 is 26.0. The lowest BCUT2D eigenvalue weighted by Gasteiger charge is -2.25. The summed E-state index contributed by atoms with van der Waals surface area (Å²) in [6.45, 7) is 10.2. The van der Waals surface area contributed by atoms with Crippen LogP contribution in [0.3, 0.4) is 0 Å². The Kier molecular flexibility index (Phi) is 7.47. The van der Waals surface area contributed by atoms with Crippen molar-refractivity contribution in [2.45, 2.75) is 53.5 Å². The van der Waals surface area contributed by atoms with E-state index in [4.69, 9.17) is 0 Å². The first-order valence-electron chi connectivity index (χ1n) is 9.91. The Labute approximate surface area is 175 Å². The third kappa shape index (κ3) is 6.07. The van der Waals surface area contributed by atoms with Gasteiger partial charge in [0.05, 0.1) is 18.0 Å². The SMILES string of the molecule is Cc1ccc([C@@H](C)NC(=O)CCCN(c2cccc(C)c2C)S(C)(=O)=O)cc1C. The third-order valence-electron chi connectivity index (χ3n) is 5.42. The molecule has 1 N–H and O–H groups in total. The molecule has 0 aliphatic heterocycles. The highest BCUT2D eigenvalue weighted by atomic mass is 32.2. The molecule has 6 heteroatoms. The van der Waals surface area contributed by atoms with Crippen LogP contribution in [0, 0.1) is 27.7 Å². The summed E-state index contributed by atoms with van der Waals surface area (Å²) in [4.78, 5) is 12.4. The topological polar surface area (TPSA) is 66.5 Å². The van der Waals surface area contributed by atoms with Gasteiger partial charge in [0, 0.05) is 13.0 Å². The molecule has 0 spiro atoms. The van der Waals surface area contributed by atoms with Crippen molar-refractivity contribution in [2.75, 3.05) is 17.1 Å². The van der Waals surface area contributed by atoms with Gasteiger partial charge in [-0.15, -0.1) is 0 Å². The predicted octanol–water partition coefficient (Wildman–Crippen LogP) is 4.34.